The van der Waals surface area contributed by atoms with E-state index in [-0.39, 0.29) is 0 Å². The van der Waals surface area contributed by atoms with Crippen LogP contribution in [0.15, 0.2) is 41.3 Å². The third-order valence-electron chi connectivity index (χ3n) is 3.18. The Hall–Kier alpha value is -1.61. The lowest BCUT2D eigenvalue weighted by Gasteiger charge is -2.14. The summed E-state index contributed by atoms with van der Waals surface area (Å²) < 4.78 is 5.33. The van der Waals surface area contributed by atoms with Crippen LogP contribution in [0.2, 0.25) is 0 Å². The zero-order valence-corrected chi connectivity index (χ0v) is 11.0. The van der Waals surface area contributed by atoms with E-state index in [0.29, 0.717) is 6.04 Å². The summed E-state index contributed by atoms with van der Waals surface area (Å²) in [5.74, 6) is 1.06. The number of hydrogen-bond donors (Lipinski definition) is 1. The molecule has 2 heterocycles. The number of pyridine rings is 1. The van der Waals surface area contributed by atoms with E-state index < -0.39 is 0 Å². The third-order valence-corrected chi connectivity index (χ3v) is 3.18. The van der Waals surface area contributed by atoms with Crippen LogP contribution in [0.1, 0.15) is 30.2 Å². The summed E-state index contributed by atoms with van der Waals surface area (Å²) >= 11 is 0. The van der Waals surface area contributed by atoms with E-state index >= 15 is 0 Å². The molecule has 1 unspecified atom stereocenters. The molecule has 0 aliphatic rings. The van der Waals surface area contributed by atoms with Crippen molar-refractivity contribution >= 4 is 0 Å². The quantitative estimate of drug-likeness (QED) is 0.848. The number of aryl methyl sites for hydroxylation is 2. The van der Waals surface area contributed by atoms with Crippen LogP contribution < -0.4 is 5.32 Å². The van der Waals surface area contributed by atoms with Gasteiger partial charge in [0.2, 0.25) is 0 Å². The highest BCUT2D eigenvalue weighted by atomic mass is 16.3. The molecule has 96 valence electrons. The van der Waals surface area contributed by atoms with Crippen LogP contribution in [0, 0.1) is 6.92 Å². The fourth-order valence-corrected chi connectivity index (χ4v) is 1.90. The third kappa shape index (κ3) is 3.70. The van der Waals surface area contributed by atoms with Gasteiger partial charge in [0.1, 0.15) is 5.76 Å². The molecule has 0 fully saturated rings. The Morgan fingerprint density at radius 1 is 1.39 bits per heavy atom. The number of furan rings is 1. The summed E-state index contributed by atoms with van der Waals surface area (Å²) in [6.45, 7) is 5.20. The second kappa shape index (κ2) is 6.36. The minimum atomic E-state index is 0.475. The maximum Gasteiger partial charge on any atom is 0.103 e. The van der Waals surface area contributed by atoms with Crippen molar-refractivity contribution in [3.63, 3.8) is 0 Å². The number of aromatic nitrogens is 1. The van der Waals surface area contributed by atoms with Crippen molar-refractivity contribution in [2.45, 2.75) is 39.3 Å². The van der Waals surface area contributed by atoms with Gasteiger partial charge in [-0.15, -0.1) is 0 Å². The molecule has 0 saturated heterocycles. The molecule has 0 bridgehead atoms. The second-order valence-electron chi connectivity index (χ2n) is 4.70. The Morgan fingerprint density at radius 3 is 3.00 bits per heavy atom. The zero-order chi connectivity index (χ0) is 12.8. The lowest BCUT2D eigenvalue weighted by atomic mass is 10.1. The van der Waals surface area contributed by atoms with Gasteiger partial charge in [-0.25, -0.2) is 0 Å². The van der Waals surface area contributed by atoms with E-state index in [1.807, 2.05) is 24.5 Å². The standard InChI is InChI=1S/C15H20N2O/c1-12-10-16-8-7-14(12)11-17-13(2)5-6-15-4-3-9-18-15/h3-4,7-10,13,17H,5-6,11H2,1-2H3. The maximum absolute atomic E-state index is 5.33. The van der Waals surface area contributed by atoms with Crippen LogP contribution in [-0.2, 0) is 13.0 Å². The van der Waals surface area contributed by atoms with Crippen molar-refractivity contribution in [2.75, 3.05) is 0 Å². The first-order valence-corrected chi connectivity index (χ1v) is 6.41. The monoisotopic (exact) mass is 244 g/mol. The molecule has 1 N–H and O–H groups in total. The molecule has 0 spiro atoms. The van der Waals surface area contributed by atoms with Crippen LogP contribution in [0.3, 0.4) is 0 Å². The predicted octanol–water partition coefficient (Wildman–Crippen LogP) is 3.09. The van der Waals surface area contributed by atoms with Crippen molar-refractivity contribution < 1.29 is 4.42 Å². The van der Waals surface area contributed by atoms with Crippen LogP contribution in [0.4, 0.5) is 0 Å². The SMILES string of the molecule is Cc1cnccc1CNC(C)CCc1ccco1. The second-order valence-corrected chi connectivity index (χ2v) is 4.70. The van der Waals surface area contributed by atoms with Crippen molar-refractivity contribution in [3.8, 4) is 0 Å². The summed E-state index contributed by atoms with van der Waals surface area (Å²) in [4.78, 5) is 4.10. The van der Waals surface area contributed by atoms with E-state index in [1.165, 1.54) is 11.1 Å². The molecule has 0 aliphatic heterocycles. The molecule has 1 atom stereocenters. The Bertz CT molecular complexity index is 465. The summed E-state index contributed by atoms with van der Waals surface area (Å²) in [6, 6.07) is 6.51. The van der Waals surface area contributed by atoms with Crippen LogP contribution in [-0.4, -0.2) is 11.0 Å². The molecule has 0 saturated carbocycles. The first-order chi connectivity index (χ1) is 8.75. The fraction of sp³-hybridized carbons (Fsp3) is 0.400. The highest BCUT2D eigenvalue weighted by Gasteiger charge is 2.04. The number of rotatable bonds is 6. The highest BCUT2D eigenvalue weighted by molar-refractivity contribution is 5.21. The molecular formula is C15H20N2O. The molecule has 0 radical (unpaired) electrons. The van der Waals surface area contributed by atoms with E-state index in [0.717, 1.165) is 25.1 Å². The molecule has 0 aromatic carbocycles. The molecule has 3 heteroatoms. The lowest BCUT2D eigenvalue weighted by Crippen LogP contribution is -2.26. The maximum atomic E-state index is 5.33. The van der Waals surface area contributed by atoms with E-state index in [9.17, 15) is 0 Å². The van der Waals surface area contributed by atoms with Gasteiger partial charge >= 0.3 is 0 Å². The average molecular weight is 244 g/mol. The van der Waals surface area contributed by atoms with Gasteiger partial charge in [0.05, 0.1) is 6.26 Å². The molecule has 0 aliphatic carbocycles. The number of nitrogens with zero attached hydrogens (tertiary/aromatic N) is 1. The van der Waals surface area contributed by atoms with Gasteiger partial charge in [-0.1, -0.05) is 0 Å². The van der Waals surface area contributed by atoms with Crippen molar-refractivity contribution in [3.05, 3.63) is 53.7 Å². The van der Waals surface area contributed by atoms with Gasteiger partial charge < -0.3 is 9.73 Å². The molecular weight excluding hydrogens is 224 g/mol. The van der Waals surface area contributed by atoms with Crippen LogP contribution in [0.25, 0.3) is 0 Å². The summed E-state index contributed by atoms with van der Waals surface area (Å²) in [5.41, 5.74) is 2.55. The van der Waals surface area contributed by atoms with Gasteiger partial charge in [-0.05, 0) is 49.6 Å². The molecule has 0 amide bonds. The lowest BCUT2D eigenvalue weighted by molar-refractivity contribution is 0.459. The number of nitrogens with one attached hydrogen (secondary N) is 1. The molecule has 3 nitrogen and oxygen atoms in total. The van der Waals surface area contributed by atoms with Gasteiger partial charge in [-0.3, -0.25) is 4.98 Å². The van der Waals surface area contributed by atoms with Gasteiger partial charge in [0.15, 0.2) is 0 Å². The molecule has 18 heavy (non-hydrogen) atoms. The largest absolute Gasteiger partial charge is 0.469 e. The van der Waals surface area contributed by atoms with Crippen molar-refractivity contribution in [1.29, 1.82) is 0 Å². The Labute approximate surface area is 108 Å². The normalized spacial score (nSPS) is 12.6. The van der Waals surface area contributed by atoms with Crippen molar-refractivity contribution in [2.24, 2.45) is 0 Å². The summed E-state index contributed by atoms with van der Waals surface area (Å²) in [6.07, 6.45) is 7.55. The topological polar surface area (TPSA) is 38.1 Å². The van der Waals surface area contributed by atoms with Crippen LogP contribution >= 0.6 is 0 Å². The first kappa shape index (κ1) is 12.8. The van der Waals surface area contributed by atoms with Crippen LogP contribution in [0.5, 0.6) is 0 Å². The Morgan fingerprint density at radius 2 is 2.28 bits per heavy atom. The Balaban J connectivity index is 1.75. The van der Waals surface area contributed by atoms with E-state index in [4.69, 9.17) is 4.42 Å². The molecule has 2 rings (SSSR count). The fourth-order valence-electron chi connectivity index (χ4n) is 1.90. The van der Waals surface area contributed by atoms with Gasteiger partial charge in [0.25, 0.3) is 0 Å². The highest BCUT2D eigenvalue weighted by Crippen LogP contribution is 2.08. The van der Waals surface area contributed by atoms with E-state index in [1.54, 1.807) is 6.26 Å². The van der Waals surface area contributed by atoms with Gasteiger partial charge in [0, 0.05) is 31.4 Å². The Kier molecular flexibility index (Phi) is 4.53. The van der Waals surface area contributed by atoms with Gasteiger partial charge in [-0.2, -0.15) is 0 Å². The predicted molar refractivity (Wildman–Crippen MR) is 72.3 cm³/mol. The van der Waals surface area contributed by atoms with E-state index in [2.05, 4.69) is 30.2 Å². The molecule has 2 aromatic heterocycles. The number of hydrogen-bond acceptors (Lipinski definition) is 3. The minimum Gasteiger partial charge on any atom is -0.469 e. The summed E-state index contributed by atoms with van der Waals surface area (Å²) in [7, 11) is 0. The van der Waals surface area contributed by atoms with Crippen molar-refractivity contribution in [1.82, 2.24) is 10.3 Å². The smallest absolute Gasteiger partial charge is 0.103 e. The average Bonchev–Trinajstić information content (AvgIpc) is 2.88. The first-order valence-electron chi connectivity index (χ1n) is 6.41. The minimum absolute atomic E-state index is 0.475. The zero-order valence-electron chi connectivity index (χ0n) is 11.0. The molecule has 2 aromatic rings. The summed E-state index contributed by atoms with van der Waals surface area (Å²) in [5, 5.41) is 3.53.